The third kappa shape index (κ3) is 2.90. The molecule has 2 aromatic heterocycles. The average Bonchev–Trinajstić information content (AvgIpc) is 2.86. The quantitative estimate of drug-likeness (QED) is 0.669. The lowest BCUT2D eigenvalue weighted by Crippen LogP contribution is -2.34. The highest BCUT2D eigenvalue weighted by molar-refractivity contribution is 7.99. The number of ether oxygens (including phenoxy) is 1. The molecule has 0 unspecified atom stereocenters. The standard InChI is InChI=1S/C15H19N3O3S2/c1-4-15(2)5-8-9(6-21-15)23-12-11(8)13(20)18(3)14(17-12)22-7-10(16)19/h4-7H2,1-3H3,(H2,16,19)/t15-/m0/s1. The molecule has 3 heterocycles. The van der Waals surface area contributed by atoms with Gasteiger partial charge in [-0.2, -0.15) is 0 Å². The van der Waals surface area contributed by atoms with E-state index in [9.17, 15) is 9.59 Å². The number of hydrogen-bond donors (Lipinski definition) is 1. The molecule has 0 bridgehead atoms. The topological polar surface area (TPSA) is 87.2 Å². The monoisotopic (exact) mass is 353 g/mol. The van der Waals surface area contributed by atoms with E-state index in [0.29, 0.717) is 22.0 Å². The second kappa shape index (κ2) is 5.92. The minimum Gasteiger partial charge on any atom is -0.369 e. The second-order valence-electron chi connectivity index (χ2n) is 5.97. The Morgan fingerprint density at radius 3 is 2.96 bits per heavy atom. The molecule has 2 aromatic rings. The highest BCUT2D eigenvalue weighted by atomic mass is 32.2. The van der Waals surface area contributed by atoms with Gasteiger partial charge in [-0.05, 0) is 18.9 Å². The molecular formula is C15H19N3O3S2. The van der Waals surface area contributed by atoms with E-state index in [2.05, 4.69) is 18.8 Å². The van der Waals surface area contributed by atoms with Crippen LogP contribution in [0.1, 0.15) is 30.7 Å². The smallest absolute Gasteiger partial charge is 0.262 e. The number of nitrogens with zero attached hydrogens (tertiary/aromatic N) is 2. The van der Waals surface area contributed by atoms with Crippen LogP contribution in [0.15, 0.2) is 9.95 Å². The number of nitrogens with two attached hydrogens (primary N) is 1. The van der Waals surface area contributed by atoms with Gasteiger partial charge in [0.1, 0.15) is 4.83 Å². The minimum atomic E-state index is -0.429. The highest BCUT2D eigenvalue weighted by Gasteiger charge is 2.33. The van der Waals surface area contributed by atoms with Crippen molar-refractivity contribution in [2.75, 3.05) is 5.75 Å². The van der Waals surface area contributed by atoms with Crippen molar-refractivity contribution in [2.45, 2.75) is 44.1 Å². The molecule has 2 N–H and O–H groups in total. The number of hydrogen-bond acceptors (Lipinski definition) is 6. The first-order chi connectivity index (χ1) is 10.8. The first-order valence-corrected chi connectivity index (χ1v) is 9.21. The molecule has 1 amide bonds. The fourth-order valence-corrected chi connectivity index (χ4v) is 4.53. The molecule has 23 heavy (non-hydrogen) atoms. The maximum Gasteiger partial charge on any atom is 0.262 e. The van der Waals surface area contributed by atoms with Gasteiger partial charge in [0, 0.05) is 18.3 Å². The van der Waals surface area contributed by atoms with Gasteiger partial charge < -0.3 is 10.5 Å². The Hall–Kier alpha value is -1.38. The van der Waals surface area contributed by atoms with Gasteiger partial charge in [0.2, 0.25) is 5.91 Å². The van der Waals surface area contributed by atoms with Gasteiger partial charge in [0.25, 0.3) is 5.56 Å². The van der Waals surface area contributed by atoms with Crippen molar-refractivity contribution in [1.82, 2.24) is 9.55 Å². The van der Waals surface area contributed by atoms with E-state index in [1.165, 1.54) is 27.7 Å². The zero-order valence-electron chi connectivity index (χ0n) is 13.3. The summed E-state index contributed by atoms with van der Waals surface area (Å²) >= 11 is 2.69. The SMILES string of the molecule is CC[C@@]1(C)Cc2c(sc3nc(SCC(N)=O)n(C)c(=O)c23)CO1. The number of rotatable bonds is 4. The zero-order chi connectivity index (χ0) is 16.8. The van der Waals surface area contributed by atoms with E-state index < -0.39 is 5.91 Å². The Balaban J connectivity index is 2.12. The van der Waals surface area contributed by atoms with E-state index in [1.54, 1.807) is 7.05 Å². The summed E-state index contributed by atoms with van der Waals surface area (Å²) in [6, 6.07) is 0. The van der Waals surface area contributed by atoms with Gasteiger partial charge in [0.15, 0.2) is 5.16 Å². The molecule has 0 saturated carbocycles. The Labute approximate surface area is 142 Å². The third-order valence-electron chi connectivity index (χ3n) is 4.27. The number of fused-ring (bicyclic) bond motifs is 3. The van der Waals surface area contributed by atoms with Crippen molar-refractivity contribution in [3.8, 4) is 0 Å². The summed E-state index contributed by atoms with van der Waals surface area (Å²) in [4.78, 5) is 30.1. The summed E-state index contributed by atoms with van der Waals surface area (Å²) in [5.41, 5.74) is 5.95. The largest absolute Gasteiger partial charge is 0.369 e. The van der Waals surface area contributed by atoms with Gasteiger partial charge in [0.05, 0.1) is 23.3 Å². The molecule has 0 fully saturated rings. The molecule has 6 nitrogen and oxygen atoms in total. The van der Waals surface area contributed by atoms with Crippen LogP contribution in [0.2, 0.25) is 0 Å². The van der Waals surface area contributed by atoms with Crippen LogP contribution in [0.25, 0.3) is 10.2 Å². The van der Waals surface area contributed by atoms with E-state index in [4.69, 9.17) is 10.5 Å². The van der Waals surface area contributed by atoms with Gasteiger partial charge >= 0.3 is 0 Å². The summed E-state index contributed by atoms with van der Waals surface area (Å²) in [7, 11) is 1.68. The molecule has 0 aliphatic carbocycles. The van der Waals surface area contributed by atoms with E-state index in [1.807, 2.05) is 0 Å². The van der Waals surface area contributed by atoms with Crippen LogP contribution in [-0.4, -0.2) is 26.8 Å². The summed E-state index contributed by atoms with van der Waals surface area (Å²) in [5, 5.41) is 1.21. The van der Waals surface area contributed by atoms with Crippen LogP contribution in [0.3, 0.4) is 0 Å². The van der Waals surface area contributed by atoms with Gasteiger partial charge in [-0.3, -0.25) is 14.2 Å². The number of thioether (sulfide) groups is 1. The lowest BCUT2D eigenvalue weighted by atomic mass is 9.90. The maximum absolute atomic E-state index is 12.8. The van der Waals surface area contributed by atoms with Crippen molar-refractivity contribution in [3.63, 3.8) is 0 Å². The molecule has 8 heteroatoms. The lowest BCUT2D eigenvalue weighted by Gasteiger charge is -2.32. The fraction of sp³-hybridized carbons (Fsp3) is 0.533. The lowest BCUT2D eigenvalue weighted by molar-refractivity contribution is -0.115. The summed E-state index contributed by atoms with van der Waals surface area (Å²) in [6.45, 7) is 4.69. The second-order valence-corrected chi connectivity index (χ2v) is 7.99. The Kier molecular flexibility index (Phi) is 4.24. The van der Waals surface area contributed by atoms with Crippen LogP contribution in [0.4, 0.5) is 0 Å². The Bertz CT molecular complexity index is 843. The summed E-state index contributed by atoms with van der Waals surface area (Å²) in [5.74, 6) is -0.324. The molecule has 0 spiro atoms. The predicted molar refractivity (Wildman–Crippen MR) is 92.0 cm³/mol. The van der Waals surface area contributed by atoms with Crippen molar-refractivity contribution >= 4 is 39.2 Å². The zero-order valence-corrected chi connectivity index (χ0v) is 15.0. The summed E-state index contributed by atoms with van der Waals surface area (Å²) in [6.07, 6.45) is 1.62. The maximum atomic E-state index is 12.8. The number of thiophene rings is 1. The van der Waals surface area contributed by atoms with Crippen molar-refractivity contribution < 1.29 is 9.53 Å². The first-order valence-electron chi connectivity index (χ1n) is 7.41. The number of aromatic nitrogens is 2. The van der Waals surface area contributed by atoms with E-state index in [-0.39, 0.29) is 16.9 Å². The molecule has 1 aliphatic heterocycles. The third-order valence-corrected chi connectivity index (χ3v) is 6.42. The Morgan fingerprint density at radius 1 is 1.57 bits per heavy atom. The van der Waals surface area contributed by atoms with Crippen molar-refractivity contribution in [3.05, 3.63) is 20.8 Å². The van der Waals surface area contributed by atoms with E-state index >= 15 is 0 Å². The molecule has 0 radical (unpaired) electrons. The van der Waals surface area contributed by atoms with Crippen molar-refractivity contribution in [1.29, 1.82) is 0 Å². The molecule has 1 atom stereocenters. The normalized spacial score (nSPS) is 20.7. The number of carbonyl (C=O) groups excluding carboxylic acids is 1. The van der Waals surface area contributed by atoms with Gasteiger partial charge in [-0.25, -0.2) is 4.98 Å². The average molecular weight is 353 g/mol. The molecule has 124 valence electrons. The molecule has 0 saturated heterocycles. The van der Waals surface area contributed by atoms with Crippen LogP contribution in [-0.2, 0) is 29.6 Å². The van der Waals surface area contributed by atoms with Gasteiger partial charge in [-0.1, -0.05) is 18.7 Å². The van der Waals surface area contributed by atoms with Gasteiger partial charge in [-0.15, -0.1) is 11.3 Å². The molecular weight excluding hydrogens is 334 g/mol. The van der Waals surface area contributed by atoms with Crippen molar-refractivity contribution in [2.24, 2.45) is 12.8 Å². The van der Waals surface area contributed by atoms with Crippen LogP contribution in [0.5, 0.6) is 0 Å². The Morgan fingerprint density at radius 2 is 2.30 bits per heavy atom. The number of carbonyl (C=O) groups is 1. The minimum absolute atomic E-state index is 0.0696. The predicted octanol–water partition coefficient (Wildman–Crippen LogP) is 1.81. The first kappa shape index (κ1) is 16.5. The van der Waals surface area contributed by atoms with Crippen LogP contribution < -0.4 is 11.3 Å². The number of amides is 1. The highest BCUT2D eigenvalue weighted by Crippen LogP contribution is 2.38. The molecule has 1 aliphatic rings. The van der Waals surface area contributed by atoms with Crippen LogP contribution in [0, 0.1) is 0 Å². The van der Waals surface area contributed by atoms with E-state index in [0.717, 1.165) is 23.3 Å². The number of primary amides is 1. The molecule has 3 rings (SSSR count). The summed E-state index contributed by atoms with van der Waals surface area (Å²) < 4.78 is 7.46. The fourth-order valence-electron chi connectivity index (χ4n) is 2.67. The molecule has 0 aromatic carbocycles. The van der Waals surface area contributed by atoms with Crippen LogP contribution >= 0.6 is 23.1 Å².